The van der Waals surface area contributed by atoms with E-state index in [1.165, 1.54) is 6.33 Å². The molecule has 0 spiro atoms. The van der Waals surface area contributed by atoms with Crippen molar-refractivity contribution < 1.29 is 0 Å². The predicted octanol–water partition coefficient (Wildman–Crippen LogP) is 3.06. The number of nitrogens with zero attached hydrogens (tertiary/aromatic N) is 3. The second kappa shape index (κ2) is 4.27. The first-order valence-corrected chi connectivity index (χ1v) is 5.80. The largest absolute Gasteiger partial charge is 0.338 e. The van der Waals surface area contributed by atoms with Crippen LogP contribution in [0, 0.1) is 6.92 Å². The molecule has 18 heavy (non-hydrogen) atoms. The van der Waals surface area contributed by atoms with Crippen LogP contribution in [0.4, 0.5) is 11.5 Å². The van der Waals surface area contributed by atoms with Crippen molar-refractivity contribution in [2.24, 2.45) is 0 Å². The molecule has 0 saturated carbocycles. The summed E-state index contributed by atoms with van der Waals surface area (Å²) in [5.74, 6) is 0.673. The van der Waals surface area contributed by atoms with Crippen molar-refractivity contribution in [3.05, 3.63) is 41.3 Å². The lowest BCUT2D eigenvalue weighted by atomic mass is 10.3. The first-order valence-electron chi connectivity index (χ1n) is 5.42. The van der Waals surface area contributed by atoms with Gasteiger partial charge in [-0.1, -0.05) is 11.6 Å². The summed E-state index contributed by atoms with van der Waals surface area (Å²) in [5.41, 5.74) is 3.37. The van der Waals surface area contributed by atoms with Crippen molar-refractivity contribution in [3.63, 3.8) is 0 Å². The van der Waals surface area contributed by atoms with E-state index in [-0.39, 0.29) is 0 Å². The molecule has 90 valence electrons. The van der Waals surface area contributed by atoms with E-state index in [0.29, 0.717) is 10.8 Å². The standard InChI is InChI=1S/C12H10ClN5/c1-7-10-11(18-17-7)12(15-6-14-10)16-9-4-2-8(13)3-5-9/h2-6H,1H3,(H,17,18)(H,14,15,16). The Kier molecular flexibility index (Phi) is 2.60. The van der Waals surface area contributed by atoms with E-state index in [0.717, 1.165) is 22.4 Å². The second-order valence-corrected chi connectivity index (χ2v) is 4.34. The zero-order valence-electron chi connectivity index (χ0n) is 9.61. The van der Waals surface area contributed by atoms with Gasteiger partial charge in [-0.3, -0.25) is 5.10 Å². The summed E-state index contributed by atoms with van der Waals surface area (Å²) in [5, 5.41) is 11.0. The summed E-state index contributed by atoms with van der Waals surface area (Å²) >= 11 is 5.84. The Morgan fingerprint density at radius 1 is 1.11 bits per heavy atom. The summed E-state index contributed by atoms with van der Waals surface area (Å²) in [6, 6.07) is 7.40. The number of benzene rings is 1. The van der Waals surface area contributed by atoms with E-state index in [1.807, 2.05) is 31.2 Å². The highest BCUT2D eigenvalue weighted by atomic mass is 35.5. The van der Waals surface area contributed by atoms with E-state index < -0.39 is 0 Å². The molecule has 5 nitrogen and oxygen atoms in total. The highest BCUT2D eigenvalue weighted by Crippen LogP contribution is 2.23. The van der Waals surface area contributed by atoms with Crippen LogP contribution >= 0.6 is 11.6 Å². The number of rotatable bonds is 2. The van der Waals surface area contributed by atoms with Crippen molar-refractivity contribution in [3.8, 4) is 0 Å². The average molecular weight is 260 g/mol. The number of H-pyrrole nitrogens is 1. The van der Waals surface area contributed by atoms with Crippen LogP contribution in [0.5, 0.6) is 0 Å². The van der Waals surface area contributed by atoms with Crippen LogP contribution in [0.1, 0.15) is 5.69 Å². The number of nitrogens with one attached hydrogen (secondary N) is 2. The number of halogens is 1. The number of anilines is 2. The average Bonchev–Trinajstić information content (AvgIpc) is 2.76. The van der Waals surface area contributed by atoms with Crippen LogP contribution in [0.2, 0.25) is 5.02 Å². The Morgan fingerprint density at radius 3 is 2.67 bits per heavy atom. The second-order valence-electron chi connectivity index (χ2n) is 3.90. The highest BCUT2D eigenvalue weighted by Gasteiger charge is 2.09. The molecule has 0 atom stereocenters. The number of hydrogen-bond acceptors (Lipinski definition) is 4. The third-order valence-corrected chi connectivity index (χ3v) is 2.87. The normalized spacial score (nSPS) is 10.8. The number of hydrogen-bond donors (Lipinski definition) is 2. The lowest BCUT2D eigenvalue weighted by molar-refractivity contribution is 1.07. The summed E-state index contributed by atoms with van der Waals surface area (Å²) in [6.45, 7) is 1.93. The van der Waals surface area contributed by atoms with Gasteiger partial charge in [0.15, 0.2) is 11.3 Å². The van der Waals surface area contributed by atoms with Crippen LogP contribution in [-0.2, 0) is 0 Å². The Morgan fingerprint density at radius 2 is 1.89 bits per heavy atom. The third kappa shape index (κ3) is 1.89. The molecule has 0 radical (unpaired) electrons. The first-order chi connectivity index (χ1) is 8.74. The van der Waals surface area contributed by atoms with Gasteiger partial charge in [0.25, 0.3) is 0 Å². The molecular weight excluding hydrogens is 250 g/mol. The van der Waals surface area contributed by atoms with Crippen LogP contribution in [0.25, 0.3) is 11.0 Å². The molecule has 6 heteroatoms. The van der Waals surface area contributed by atoms with Gasteiger partial charge >= 0.3 is 0 Å². The van der Waals surface area contributed by atoms with E-state index >= 15 is 0 Å². The Balaban J connectivity index is 2.02. The number of aryl methyl sites for hydroxylation is 1. The van der Waals surface area contributed by atoms with E-state index in [9.17, 15) is 0 Å². The summed E-state index contributed by atoms with van der Waals surface area (Å²) in [7, 11) is 0. The molecular formula is C12H10ClN5. The maximum absolute atomic E-state index is 5.84. The van der Waals surface area contributed by atoms with Gasteiger partial charge in [-0.25, -0.2) is 9.97 Å². The predicted molar refractivity (Wildman–Crippen MR) is 71.2 cm³/mol. The van der Waals surface area contributed by atoms with Gasteiger partial charge < -0.3 is 5.32 Å². The molecule has 3 rings (SSSR count). The fourth-order valence-corrected chi connectivity index (χ4v) is 1.84. The Bertz CT molecular complexity index is 689. The minimum atomic E-state index is 0.673. The molecule has 0 saturated heterocycles. The topological polar surface area (TPSA) is 66.5 Å². The Hall–Kier alpha value is -2.14. The quantitative estimate of drug-likeness (QED) is 0.742. The fraction of sp³-hybridized carbons (Fsp3) is 0.0833. The lowest BCUT2D eigenvalue weighted by Crippen LogP contribution is -1.95. The van der Waals surface area contributed by atoms with Crippen molar-refractivity contribution in [1.29, 1.82) is 0 Å². The molecule has 3 aromatic rings. The molecule has 1 aromatic carbocycles. The smallest absolute Gasteiger partial charge is 0.162 e. The zero-order chi connectivity index (χ0) is 12.5. The maximum atomic E-state index is 5.84. The van der Waals surface area contributed by atoms with Crippen LogP contribution in [0.3, 0.4) is 0 Å². The third-order valence-electron chi connectivity index (χ3n) is 2.62. The molecule has 2 heterocycles. The van der Waals surface area contributed by atoms with Crippen molar-refractivity contribution in [2.45, 2.75) is 6.92 Å². The number of aromatic amines is 1. The lowest BCUT2D eigenvalue weighted by Gasteiger charge is -2.05. The monoisotopic (exact) mass is 259 g/mol. The zero-order valence-corrected chi connectivity index (χ0v) is 10.4. The summed E-state index contributed by atoms with van der Waals surface area (Å²) in [6.07, 6.45) is 1.52. The molecule has 0 aliphatic heterocycles. The van der Waals surface area contributed by atoms with Crippen molar-refractivity contribution in [1.82, 2.24) is 20.2 Å². The van der Waals surface area contributed by atoms with Gasteiger partial charge in [-0.2, -0.15) is 5.10 Å². The SMILES string of the molecule is Cc1[nH]nc2c(Nc3ccc(Cl)cc3)ncnc12. The minimum Gasteiger partial charge on any atom is -0.338 e. The molecule has 2 N–H and O–H groups in total. The van der Waals surface area contributed by atoms with E-state index in [4.69, 9.17) is 11.6 Å². The van der Waals surface area contributed by atoms with Crippen LogP contribution < -0.4 is 5.32 Å². The van der Waals surface area contributed by atoms with E-state index in [1.54, 1.807) is 0 Å². The number of fused-ring (bicyclic) bond motifs is 1. The van der Waals surface area contributed by atoms with Gasteiger partial charge in [-0.15, -0.1) is 0 Å². The van der Waals surface area contributed by atoms with Crippen LogP contribution in [-0.4, -0.2) is 20.2 Å². The van der Waals surface area contributed by atoms with Crippen molar-refractivity contribution in [2.75, 3.05) is 5.32 Å². The fourth-order valence-electron chi connectivity index (χ4n) is 1.71. The molecule has 2 aromatic heterocycles. The first kappa shape index (κ1) is 11.0. The van der Waals surface area contributed by atoms with Gasteiger partial charge in [0.1, 0.15) is 11.8 Å². The van der Waals surface area contributed by atoms with Gasteiger partial charge in [0, 0.05) is 10.7 Å². The van der Waals surface area contributed by atoms with Gasteiger partial charge in [-0.05, 0) is 31.2 Å². The molecule has 0 bridgehead atoms. The summed E-state index contributed by atoms with van der Waals surface area (Å²) in [4.78, 5) is 8.39. The van der Waals surface area contributed by atoms with Gasteiger partial charge in [0.05, 0.1) is 5.69 Å². The maximum Gasteiger partial charge on any atom is 0.162 e. The number of aromatic nitrogens is 4. The molecule has 0 amide bonds. The Labute approximate surface area is 108 Å². The minimum absolute atomic E-state index is 0.673. The molecule has 0 aliphatic carbocycles. The highest BCUT2D eigenvalue weighted by molar-refractivity contribution is 6.30. The summed E-state index contributed by atoms with van der Waals surface area (Å²) < 4.78 is 0. The molecule has 0 aliphatic rings. The molecule has 0 fully saturated rings. The van der Waals surface area contributed by atoms with E-state index in [2.05, 4.69) is 25.5 Å². The van der Waals surface area contributed by atoms with Crippen LogP contribution in [0.15, 0.2) is 30.6 Å². The van der Waals surface area contributed by atoms with Gasteiger partial charge in [0.2, 0.25) is 0 Å². The van der Waals surface area contributed by atoms with Crippen molar-refractivity contribution >= 4 is 34.1 Å². The molecule has 0 unspecified atom stereocenters.